The molecule has 0 unspecified atom stereocenters. The number of hydrogen-bond donors (Lipinski definition) is 1. The normalized spacial score (nSPS) is 13.9. The molecule has 0 saturated carbocycles. The largest absolute Gasteiger partial charge is 0.370 e. The standard InChI is InChI=1S/C18H22N2/c1-14-5-3-8-17(11-14)20(2)13-16-7-4-6-15-12-19-10-9-18(15)16/h3-8,11,19H,9-10,12-13H2,1-2H3. The molecule has 0 atom stereocenters. The minimum absolute atomic E-state index is 0.979. The summed E-state index contributed by atoms with van der Waals surface area (Å²) < 4.78 is 0. The van der Waals surface area contributed by atoms with Gasteiger partial charge in [-0.1, -0.05) is 30.3 Å². The monoisotopic (exact) mass is 266 g/mol. The van der Waals surface area contributed by atoms with Gasteiger partial charge in [0.1, 0.15) is 0 Å². The van der Waals surface area contributed by atoms with E-state index < -0.39 is 0 Å². The van der Waals surface area contributed by atoms with Crippen molar-refractivity contribution in [2.45, 2.75) is 26.4 Å². The zero-order valence-corrected chi connectivity index (χ0v) is 12.3. The molecule has 1 aliphatic rings. The van der Waals surface area contributed by atoms with Gasteiger partial charge in [-0.25, -0.2) is 0 Å². The highest BCUT2D eigenvalue weighted by Crippen LogP contribution is 2.22. The second-order valence-corrected chi connectivity index (χ2v) is 5.68. The number of rotatable bonds is 3. The van der Waals surface area contributed by atoms with Crippen LogP contribution in [0.2, 0.25) is 0 Å². The van der Waals surface area contributed by atoms with Gasteiger partial charge in [0, 0.05) is 25.8 Å². The number of nitrogens with zero attached hydrogens (tertiary/aromatic N) is 1. The summed E-state index contributed by atoms with van der Waals surface area (Å²) in [4.78, 5) is 2.34. The van der Waals surface area contributed by atoms with E-state index in [1.807, 2.05) is 0 Å². The number of benzene rings is 2. The average Bonchev–Trinajstić information content (AvgIpc) is 2.47. The minimum atomic E-state index is 0.979. The first-order valence-corrected chi connectivity index (χ1v) is 7.32. The predicted molar refractivity (Wildman–Crippen MR) is 85.1 cm³/mol. The number of nitrogens with one attached hydrogen (secondary N) is 1. The summed E-state index contributed by atoms with van der Waals surface area (Å²) in [5.74, 6) is 0. The van der Waals surface area contributed by atoms with Crippen molar-refractivity contribution in [1.29, 1.82) is 0 Å². The quantitative estimate of drug-likeness (QED) is 0.917. The molecule has 2 aromatic carbocycles. The maximum atomic E-state index is 3.45. The van der Waals surface area contributed by atoms with Gasteiger partial charge < -0.3 is 10.2 Å². The molecule has 0 spiro atoms. The topological polar surface area (TPSA) is 15.3 Å². The summed E-state index contributed by atoms with van der Waals surface area (Å²) in [5, 5.41) is 3.45. The van der Waals surface area contributed by atoms with Gasteiger partial charge in [0.15, 0.2) is 0 Å². The minimum Gasteiger partial charge on any atom is -0.370 e. The van der Waals surface area contributed by atoms with Gasteiger partial charge in [0.2, 0.25) is 0 Å². The fourth-order valence-corrected chi connectivity index (χ4v) is 2.97. The molecule has 0 aliphatic carbocycles. The Balaban J connectivity index is 1.84. The second-order valence-electron chi connectivity index (χ2n) is 5.68. The van der Waals surface area contributed by atoms with Crippen molar-refractivity contribution < 1.29 is 0 Å². The van der Waals surface area contributed by atoms with Crippen LogP contribution < -0.4 is 10.2 Å². The van der Waals surface area contributed by atoms with Gasteiger partial charge in [-0.05, 0) is 54.3 Å². The first-order chi connectivity index (χ1) is 9.74. The Hall–Kier alpha value is -1.80. The SMILES string of the molecule is Cc1cccc(N(C)Cc2cccc3c2CCNC3)c1. The summed E-state index contributed by atoms with van der Waals surface area (Å²) in [7, 11) is 2.18. The highest BCUT2D eigenvalue weighted by atomic mass is 15.1. The fraction of sp³-hybridized carbons (Fsp3) is 0.333. The first-order valence-electron chi connectivity index (χ1n) is 7.32. The third kappa shape index (κ3) is 2.70. The van der Waals surface area contributed by atoms with Crippen LogP contribution in [0.25, 0.3) is 0 Å². The predicted octanol–water partition coefficient (Wildman–Crippen LogP) is 3.28. The second kappa shape index (κ2) is 5.68. The van der Waals surface area contributed by atoms with Crippen molar-refractivity contribution >= 4 is 5.69 Å². The van der Waals surface area contributed by atoms with Crippen LogP contribution in [0.4, 0.5) is 5.69 Å². The summed E-state index contributed by atoms with van der Waals surface area (Å²) in [6, 6.07) is 15.4. The number of hydrogen-bond acceptors (Lipinski definition) is 2. The number of fused-ring (bicyclic) bond motifs is 1. The molecule has 2 nitrogen and oxygen atoms in total. The summed E-state index contributed by atoms with van der Waals surface area (Å²) in [5.41, 5.74) is 7.08. The summed E-state index contributed by atoms with van der Waals surface area (Å²) in [6.45, 7) is 5.23. The highest BCUT2D eigenvalue weighted by molar-refractivity contribution is 5.49. The Morgan fingerprint density at radius 3 is 2.85 bits per heavy atom. The van der Waals surface area contributed by atoms with E-state index in [9.17, 15) is 0 Å². The van der Waals surface area contributed by atoms with E-state index in [1.165, 1.54) is 22.4 Å². The van der Waals surface area contributed by atoms with Crippen molar-refractivity contribution in [3.8, 4) is 0 Å². The Labute approximate surface area is 121 Å². The molecule has 0 saturated heterocycles. The molecule has 104 valence electrons. The van der Waals surface area contributed by atoms with Gasteiger partial charge in [-0.15, -0.1) is 0 Å². The van der Waals surface area contributed by atoms with Gasteiger partial charge >= 0.3 is 0 Å². The first kappa shape index (κ1) is 13.2. The zero-order chi connectivity index (χ0) is 13.9. The third-order valence-electron chi connectivity index (χ3n) is 4.09. The molecule has 2 aromatic rings. The molecule has 0 amide bonds. The van der Waals surface area contributed by atoms with Gasteiger partial charge in [-0.3, -0.25) is 0 Å². The zero-order valence-electron chi connectivity index (χ0n) is 12.3. The Morgan fingerprint density at radius 2 is 2.00 bits per heavy atom. The van der Waals surface area contributed by atoms with Crippen LogP contribution in [0.3, 0.4) is 0 Å². The highest BCUT2D eigenvalue weighted by Gasteiger charge is 2.13. The van der Waals surface area contributed by atoms with Crippen LogP contribution in [0.15, 0.2) is 42.5 Å². The Morgan fingerprint density at radius 1 is 1.15 bits per heavy atom. The van der Waals surface area contributed by atoms with E-state index in [-0.39, 0.29) is 0 Å². The van der Waals surface area contributed by atoms with Crippen LogP contribution in [0, 0.1) is 6.92 Å². The van der Waals surface area contributed by atoms with Gasteiger partial charge in [-0.2, -0.15) is 0 Å². The maximum Gasteiger partial charge on any atom is 0.0429 e. The van der Waals surface area contributed by atoms with E-state index in [1.54, 1.807) is 5.56 Å². The molecular weight excluding hydrogens is 244 g/mol. The molecule has 3 rings (SSSR count). The van der Waals surface area contributed by atoms with Gasteiger partial charge in [0.25, 0.3) is 0 Å². The van der Waals surface area contributed by atoms with Crippen molar-refractivity contribution in [2.75, 3.05) is 18.5 Å². The van der Waals surface area contributed by atoms with Crippen LogP contribution in [0.1, 0.15) is 22.3 Å². The van der Waals surface area contributed by atoms with E-state index >= 15 is 0 Å². The Bertz CT molecular complexity index is 604. The lowest BCUT2D eigenvalue weighted by molar-refractivity contribution is 0.637. The third-order valence-corrected chi connectivity index (χ3v) is 4.09. The van der Waals surface area contributed by atoms with Crippen molar-refractivity contribution in [3.05, 3.63) is 64.7 Å². The van der Waals surface area contributed by atoms with Crippen molar-refractivity contribution in [1.82, 2.24) is 5.32 Å². The van der Waals surface area contributed by atoms with E-state index in [4.69, 9.17) is 0 Å². The molecular formula is C18H22N2. The lowest BCUT2D eigenvalue weighted by Gasteiger charge is -2.25. The summed E-state index contributed by atoms with van der Waals surface area (Å²) in [6.07, 6.45) is 1.15. The molecule has 0 radical (unpaired) electrons. The lowest BCUT2D eigenvalue weighted by Crippen LogP contribution is -2.26. The molecule has 2 heteroatoms. The molecule has 20 heavy (non-hydrogen) atoms. The average molecular weight is 266 g/mol. The van der Waals surface area contributed by atoms with Crippen molar-refractivity contribution in [3.63, 3.8) is 0 Å². The van der Waals surface area contributed by atoms with Crippen LogP contribution >= 0.6 is 0 Å². The van der Waals surface area contributed by atoms with Gasteiger partial charge in [0.05, 0.1) is 0 Å². The maximum absolute atomic E-state index is 3.45. The lowest BCUT2D eigenvalue weighted by atomic mass is 9.95. The molecule has 0 aromatic heterocycles. The van der Waals surface area contributed by atoms with Crippen LogP contribution in [0.5, 0.6) is 0 Å². The molecule has 0 bridgehead atoms. The fourth-order valence-electron chi connectivity index (χ4n) is 2.97. The molecule has 1 aliphatic heterocycles. The van der Waals surface area contributed by atoms with E-state index in [0.717, 1.165) is 26.1 Å². The van der Waals surface area contributed by atoms with E-state index in [0.29, 0.717) is 0 Å². The molecule has 0 fully saturated rings. The number of aryl methyl sites for hydroxylation is 1. The summed E-state index contributed by atoms with van der Waals surface area (Å²) >= 11 is 0. The Kier molecular flexibility index (Phi) is 3.75. The van der Waals surface area contributed by atoms with Crippen molar-refractivity contribution in [2.24, 2.45) is 0 Å². The van der Waals surface area contributed by atoms with Crippen LogP contribution in [-0.4, -0.2) is 13.6 Å². The number of anilines is 1. The van der Waals surface area contributed by atoms with Crippen LogP contribution in [-0.2, 0) is 19.5 Å². The van der Waals surface area contributed by atoms with E-state index in [2.05, 4.69) is 66.7 Å². The smallest absolute Gasteiger partial charge is 0.0429 e. The molecule has 1 heterocycles. The molecule has 1 N–H and O–H groups in total.